The Kier molecular flexibility index (Phi) is 10.4. The minimum Gasteiger partial charge on any atom is -0.450 e. The standard InChI is InChI=1S/C58H40N2O2S2/c63-57-34-30-44(37-49(57)39-17-5-1-6-18-39)60(43-23-11-4-12-24-43)52-36-41(35-50(58(52)64)40-19-7-2-8-20-40)46-31-32-51(48-26-14-13-25-47(46)48)59(42-21-9-3-10-22-42)45-29-33-55-56(38-45)62-54-28-16-15-27-53(54)61-55/h1-38,63-64H. The molecule has 6 heteroatoms. The van der Waals surface area contributed by atoms with Crippen molar-refractivity contribution in [1.82, 2.24) is 0 Å². The van der Waals surface area contributed by atoms with Gasteiger partial charge >= 0.3 is 0 Å². The zero-order chi connectivity index (χ0) is 43.0. The van der Waals surface area contributed by atoms with E-state index in [0.29, 0.717) is 23.0 Å². The SMILES string of the molecule is Sc1ccc(N(c2ccccc2)c2cc(-c3ccc(N(c4ccccc4)c4ccc5c(c4)Oc4ccccc4O5)c4ccccc34)cc(-c3ccccc3)c2S)cc1-c1ccccc1. The van der Waals surface area contributed by atoms with Gasteiger partial charge in [-0.25, -0.2) is 0 Å². The Bertz CT molecular complexity index is 3310. The number of nitrogens with zero attached hydrogens (tertiary/aromatic N) is 2. The molecule has 1 aliphatic rings. The Morgan fingerprint density at radius 1 is 0.297 bits per heavy atom. The number of benzene rings is 10. The van der Waals surface area contributed by atoms with Crippen molar-refractivity contribution < 1.29 is 9.47 Å². The van der Waals surface area contributed by atoms with Gasteiger partial charge in [0.2, 0.25) is 0 Å². The lowest BCUT2D eigenvalue weighted by atomic mass is 9.92. The van der Waals surface area contributed by atoms with Gasteiger partial charge in [-0.2, -0.15) is 0 Å². The largest absolute Gasteiger partial charge is 0.450 e. The number of para-hydroxylation sites is 4. The van der Waals surface area contributed by atoms with Crippen LogP contribution in [-0.2, 0) is 0 Å². The number of hydrogen-bond acceptors (Lipinski definition) is 6. The van der Waals surface area contributed by atoms with E-state index in [4.69, 9.17) is 34.7 Å². The van der Waals surface area contributed by atoms with Crippen LogP contribution in [0.15, 0.2) is 240 Å². The predicted molar refractivity (Wildman–Crippen MR) is 271 cm³/mol. The Morgan fingerprint density at radius 2 is 0.797 bits per heavy atom. The average Bonchev–Trinajstić information content (AvgIpc) is 3.36. The molecule has 0 N–H and O–H groups in total. The van der Waals surface area contributed by atoms with Crippen LogP contribution >= 0.6 is 25.3 Å². The second-order valence-electron chi connectivity index (χ2n) is 15.6. The molecule has 0 aromatic heterocycles. The highest BCUT2D eigenvalue weighted by Crippen LogP contribution is 2.51. The first kappa shape index (κ1) is 39.2. The number of ether oxygens (including phenoxy) is 2. The molecule has 0 saturated heterocycles. The van der Waals surface area contributed by atoms with Gasteiger partial charge in [-0.15, -0.1) is 25.3 Å². The van der Waals surface area contributed by atoms with Crippen LogP contribution in [0.5, 0.6) is 23.0 Å². The zero-order valence-electron chi connectivity index (χ0n) is 34.5. The number of hydrogen-bond donors (Lipinski definition) is 2. The summed E-state index contributed by atoms with van der Waals surface area (Å²) in [5, 5.41) is 2.21. The molecule has 1 heterocycles. The summed E-state index contributed by atoms with van der Waals surface area (Å²) < 4.78 is 12.7. The van der Waals surface area contributed by atoms with Gasteiger partial charge in [-0.1, -0.05) is 140 Å². The van der Waals surface area contributed by atoms with E-state index in [1.165, 1.54) is 0 Å². The van der Waals surface area contributed by atoms with Crippen molar-refractivity contribution in [2.45, 2.75) is 9.79 Å². The van der Waals surface area contributed by atoms with E-state index in [1.807, 2.05) is 42.5 Å². The molecule has 4 nitrogen and oxygen atoms in total. The fraction of sp³-hybridized carbons (Fsp3) is 0. The summed E-state index contributed by atoms with van der Waals surface area (Å²) in [6.45, 7) is 0. The summed E-state index contributed by atoms with van der Waals surface area (Å²) >= 11 is 10.3. The molecule has 0 atom stereocenters. The smallest absolute Gasteiger partial charge is 0.172 e. The predicted octanol–water partition coefficient (Wildman–Crippen LogP) is 17.3. The van der Waals surface area contributed by atoms with E-state index >= 15 is 0 Å². The Labute approximate surface area is 384 Å². The summed E-state index contributed by atoms with van der Waals surface area (Å²) in [7, 11) is 0. The van der Waals surface area contributed by atoms with E-state index in [9.17, 15) is 0 Å². The van der Waals surface area contributed by atoms with Gasteiger partial charge in [0.25, 0.3) is 0 Å². The van der Waals surface area contributed by atoms with E-state index in [1.54, 1.807) is 0 Å². The number of anilines is 6. The monoisotopic (exact) mass is 860 g/mol. The summed E-state index contributed by atoms with van der Waals surface area (Å²) in [4.78, 5) is 6.38. The molecule has 0 radical (unpaired) electrons. The van der Waals surface area contributed by atoms with Gasteiger partial charge < -0.3 is 19.3 Å². The average molecular weight is 861 g/mol. The van der Waals surface area contributed by atoms with Crippen molar-refractivity contribution in [3.8, 4) is 56.4 Å². The van der Waals surface area contributed by atoms with E-state index in [-0.39, 0.29) is 0 Å². The first-order valence-corrected chi connectivity index (χ1v) is 22.1. The van der Waals surface area contributed by atoms with Crippen LogP contribution in [0.3, 0.4) is 0 Å². The molecule has 306 valence electrons. The van der Waals surface area contributed by atoms with E-state index in [0.717, 1.165) is 88.1 Å². The van der Waals surface area contributed by atoms with Crippen LogP contribution in [0.4, 0.5) is 34.1 Å². The summed E-state index contributed by atoms with van der Waals surface area (Å²) in [6, 6.07) is 80.0. The van der Waals surface area contributed by atoms with Crippen LogP contribution in [0.2, 0.25) is 0 Å². The molecule has 0 unspecified atom stereocenters. The Balaban J connectivity index is 1.10. The van der Waals surface area contributed by atoms with Crippen LogP contribution in [0.25, 0.3) is 44.2 Å². The number of rotatable bonds is 9. The normalized spacial score (nSPS) is 11.5. The molecule has 0 spiro atoms. The molecular weight excluding hydrogens is 821 g/mol. The van der Waals surface area contributed by atoms with Crippen LogP contribution in [-0.4, -0.2) is 0 Å². The highest BCUT2D eigenvalue weighted by atomic mass is 32.1. The molecule has 10 aromatic carbocycles. The van der Waals surface area contributed by atoms with Crippen molar-refractivity contribution in [2.24, 2.45) is 0 Å². The molecule has 0 aliphatic carbocycles. The molecule has 0 saturated carbocycles. The molecular formula is C58H40N2O2S2. The van der Waals surface area contributed by atoms with Crippen molar-refractivity contribution in [3.05, 3.63) is 231 Å². The topological polar surface area (TPSA) is 24.9 Å². The maximum Gasteiger partial charge on any atom is 0.172 e. The fourth-order valence-electron chi connectivity index (χ4n) is 8.69. The highest BCUT2D eigenvalue weighted by molar-refractivity contribution is 7.80. The summed E-state index contributed by atoms with van der Waals surface area (Å²) in [6.07, 6.45) is 0. The molecule has 64 heavy (non-hydrogen) atoms. The fourth-order valence-corrected chi connectivity index (χ4v) is 9.32. The lowest BCUT2D eigenvalue weighted by Gasteiger charge is -2.30. The Hall–Kier alpha value is -7.64. The second kappa shape index (κ2) is 16.9. The number of fused-ring (bicyclic) bond motifs is 3. The molecule has 0 bridgehead atoms. The van der Waals surface area contributed by atoms with Crippen molar-refractivity contribution in [1.29, 1.82) is 0 Å². The first-order valence-electron chi connectivity index (χ1n) is 21.2. The minimum atomic E-state index is 0.661. The molecule has 10 aromatic rings. The quantitative estimate of drug-likeness (QED) is 0.141. The molecule has 0 amide bonds. The molecule has 1 aliphatic heterocycles. The molecule has 0 fully saturated rings. The first-order chi connectivity index (χ1) is 31.6. The van der Waals surface area contributed by atoms with E-state index in [2.05, 4.69) is 198 Å². The summed E-state index contributed by atoms with van der Waals surface area (Å²) in [5.41, 5.74) is 12.4. The van der Waals surface area contributed by atoms with Gasteiger partial charge in [0.05, 0.1) is 17.1 Å². The lowest BCUT2D eigenvalue weighted by molar-refractivity contribution is 0.360. The Morgan fingerprint density at radius 3 is 1.45 bits per heavy atom. The van der Waals surface area contributed by atoms with Gasteiger partial charge in [0.1, 0.15) is 0 Å². The summed E-state index contributed by atoms with van der Waals surface area (Å²) in [5.74, 6) is 2.73. The van der Waals surface area contributed by atoms with E-state index < -0.39 is 0 Å². The van der Waals surface area contributed by atoms with Crippen molar-refractivity contribution in [2.75, 3.05) is 9.80 Å². The molecule has 11 rings (SSSR count). The van der Waals surface area contributed by atoms with Crippen LogP contribution in [0, 0.1) is 0 Å². The third kappa shape index (κ3) is 7.33. The lowest BCUT2D eigenvalue weighted by Crippen LogP contribution is -2.12. The van der Waals surface area contributed by atoms with Crippen LogP contribution < -0.4 is 19.3 Å². The van der Waals surface area contributed by atoms with Gasteiger partial charge in [0, 0.05) is 38.3 Å². The second-order valence-corrected chi connectivity index (χ2v) is 16.6. The maximum atomic E-state index is 6.43. The third-order valence-corrected chi connectivity index (χ3v) is 12.6. The maximum absolute atomic E-state index is 6.43. The van der Waals surface area contributed by atoms with Gasteiger partial charge in [-0.05, 0) is 124 Å². The minimum absolute atomic E-state index is 0.661. The van der Waals surface area contributed by atoms with Crippen molar-refractivity contribution >= 4 is 70.2 Å². The van der Waals surface area contributed by atoms with Gasteiger partial charge in [0.15, 0.2) is 23.0 Å². The number of thiol groups is 2. The van der Waals surface area contributed by atoms with Crippen LogP contribution in [0.1, 0.15) is 0 Å². The highest BCUT2D eigenvalue weighted by Gasteiger charge is 2.25. The van der Waals surface area contributed by atoms with Gasteiger partial charge in [-0.3, -0.25) is 0 Å². The van der Waals surface area contributed by atoms with Crippen molar-refractivity contribution in [3.63, 3.8) is 0 Å². The zero-order valence-corrected chi connectivity index (χ0v) is 36.3. The third-order valence-electron chi connectivity index (χ3n) is 11.7.